The van der Waals surface area contributed by atoms with Gasteiger partial charge in [0, 0.05) is 0 Å². The van der Waals surface area contributed by atoms with Gasteiger partial charge in [-0.25, -0.2) is 14.6 Å². The summed E-state index contributed by atoms with van der Waals surface area (Å²) in [5.41, 5.74) is 1.15. The van der Waals surface area contributed by atoms with Gasteiger partial charge in [0.05, 0.1) is 11.1 Å². The maximum absolute atomic E-state index is 11.0. The number of carboxylic acid groups (broad SMARTS) is 2. The molecular formula is C10H8N2O4. The van der Waals surface area contributed by atoms with E-state index in [4.69, 9.17) is 10.2 Å². The molecule has 2 rings (SSSR count). The van der Waals surface area contributed by atoms with Crippen LogP contribution in [0.25, 0.3) is 11.0 Å². The van der Waals surface area contributed by atoms with E-state index in [9.17, 15) is 9.59 Å². The molecule has 0 unspecified atom stereocenters. The summed E-state index contributed by atoms with van der Waals surface area (Å²) < 4.78 is 0. The minimum Gasteiger partial charge on any atom is -0.478 e. The monoisotopic (exact) mass is 220 g/mol. The molecule has 6 heteroatoms. The van der Waals surface area contributed by atoms with Gasteiger partial charge in [-0.15, -0.1) is 0 Å². The highest BCUT2D eigenvalue weighted by Crippen LogP contribution is 2.20. The van der Waals surface area contributed by atoms with E-state index in [0.717, 1.165) is 0 Å². The van der Waals surface area contributed by atoms with Gasteiger partial charge in [0.1, 0.15) is 5.52 Å². The van der Waals surface area contributed by atoms with Crippen molar-refractivity contribution < 1.29 is 19.8 Å². The molecule has 0 aliphatic carbocycles. The lowest BCUT2D eigenvalue weighted by atomic mass is 10.1. The lowest BCUT2D eigenvalue weighted by Crippen LogP contribution is -2.01. The van der Waals surface area contributed by atoms with E-state index in [-0.39, 0.29) is 16.9 Å². The predicted molar refractivity (Wildman–Crippen MR) is 54.7 cm³/mol. The van der Waals surface area contributed by atoms with Gasteiger partial charge >= 0.3 is 11.9 Å². The van der Waals surface area contributed by atoms with Gasteiger partial charge in [-0.05, 0) is 18.6 Å². The van der Waals surface area contributed by atoms with Crippen LogP contribution in [-0.2, 0) is 0 Å². The van der Waals surface area contributed by atoms with E-state index >= 15 is 0 Å². The van der Waals surface area contributed by atoms with Crippen molar-refractivity contribution in [3.63, 3.8) is 0 Å². The summed E-state index contributed by atoms with van der Waals surface area (Å²) in [6.45, 7) is 1.64. The highest BCUT2D eigenvalue weighted by molar-refractivity contribution is 6.03. The molecule has 0 atom stereocenters. The van der Waals surface area contributed by atoms with Crippen LogP contribution < -0.4 is 0 Å². The Bertz CT molecular complexity index is 600. The molecule has 0 spiro atoms. The molecule has 0 aliphatic rings. The standard InChI is InChI=1S/C10H8N2O4/c1-4-2-3-5-7(6(4)9(13)14)12-8(11-5)10(15)16/h2-3H,1H3,(H,11,12)(H,13,14)(H,15,16). The van der Waals surface area contributed by atoms with Gasteiger partial charge in [0.2, 0.25) is 5.82 Å². The molecule has 82 valence electrons. The van der Waals surface area contributed by atoms with Crippen LogP contribution in [0.1, 0.15) is 26.5 Å². The summed E-state index contributed by atoms with van der Waals surface area (Å²) >= 11 is 0. The first-order valence-electron chi connectivity index (χ1n) is 4.46. The maximum atomic E-state index is 11.0. The summed E-state index contributed by atoms with van der Waals surface area (Å²) in [6.07, 6.45) is 0. The molecule has 1 heterocycles. The lowest BCUT2D eigenvalue weighted by Gasteiger charge is -1.99. The quantitative estimate of drug-likeness (QED) is 0.707. The Kier molecular flexibility index (Phi) is 2.12. The van der Waals surface area contributed by atoms with Gasteiger partial charge in [-0.2, -0.15) is 0 Å². The summed E-state index contributed by atoms with van der Waals surface area (Å²) in [6, 6.07) is 3.21. The average Bonchev–Trinajstić information content (AvgIpc) is 2.60. The zero-order valence-electron chi connectivity index (χ0n) is 8.31. The number of nitrogens with one attached hydrogen (secondary N) is 1. The Labute approximate surface area is 89.5 Å². The van der Waals surface area contributed by atoms with Crippen molar-refractivity contribution in [3.8, 4) is 0 Å². The van der Waals surface area contributed by atoms with Crippen LogP contribution in [0.15, 0.2) is 12.1 Å². The number of nitrogens with zero attached hydrogens (tertiary/aromatic N) is 1. The van der Waals surface area contributed by atoms with Crippen molar-refractivity contribution in [1.29, 1.82) is 0 Å². The van der Waals surface area contributed by atoms with Gasteiger partial charge in [-0.1, -0.05) is 6.07 Å². The van der Waals surface area contributed by atoms with Crippen molar-refractivity contribution in [1.82, 2.24) is 9.97 Å². The zero-order chi connectivity index (χ0) is 11.9. The molecule has 0 aliphatic heterocycles. The molecule has 0 saturated carbocycles. The van der Waals surface area contributed by atoms with Crippen LogP contribution in [0.3, 0.4) is 0 Å². The van der Waals surface area contributed by atoms with Crippen molar-refractivity contribution in [3.05, 3.63) is 29.1 Å². The van der Waals surface area contributed by atoms with E-state index in [1.807, 2.05) is 0 Å². The van der Waals surface area contributed by atoms with Crippen LogP contribution in [0.2, 0.25) is 0 Å². The van der Waals surface area contributed by atoms with Crippen molar-refractivity contribution in [2.24, 2.45) is 0 Å². The van der Waals surface area contributed by atoms with Crippen LogP contribution in [-0.4, -0.2) is 32.1 Å². The molecular weight excluding hydrogens is 212 g/mol. The second-order valence-corrected chi connectivity index (χ2v) is 3.35. The lowest BCUT2D eigenvalue weighted by molar-refractivity contribution is 0.0677. The van der Waals surface area contributed by atoms with Crippen LogP contribution in [0.4, 0.5) is 0 Å². The van der Waals surface area contributed by atoms with E-state index in [0.29, 0.717) is 11.1 Å². The van der Waals surface area contributed by atoms with Crippen molar-refractivity contribution in [2.75, 3.05) is 0 Å². The fourth-order valence-corrected chi connectivity index (χ4v) is 1.55. The number of aromatic nitrogens is 2. The third-order valence-electron chi connectivity index (χ3n) is 2.28. The molecule has 6 nitrogen and oxygen atoms in total. The summed E-state index contributed by atoms with van der Waals surface area (Å²) in [4.78, 5) is 28.0. The average molecular weight is 220 g/mol. The largest absolute Gasteiger partial charge is 0.478 e. The number of imidazole rings is 1. The van der Waals surface area contributed by atoms with Crippen molar-refractivity contribution >= 4 is 23.0 Å². The summed E-state index contributed by atoms with van der Waals surface area (Å²) in [5, 5.41) is 17.8. The molecule has 0 amide bonds. The minimum absolute atomic E-state index is 0.0289. The molecule has 0 fully saturated rings. The van der Waals surface area contributed by atoms with Crippen molar-refractivity contribution in [2.45, 2.75) is 6.92 Å². The zero-order valence-corrected chi connectivity index (χ0v) is 8.31. The number of carboxylic acids is 2. The Balaban J connectivity index is 2.82. The summed E-state index contributed by atoms with van der Waals surface area (Å²) in [7, 11) is 0. The second kappa shape index (κ2) is 3.34. The normalized spacial score (nSPS) is 10.6. The fourth-order valence-electron chi connectivity index (χ4n) is 1.55. The molecule has 0 radical (unpaired) electrons. The topological polar surface area (TPSA) is 103 Å². The minimum atomic E-state index is -1.22. The summed E-state index contributed by atoms with van der Waals surface area (Å²) in [5.74, 6) is -2.60. The van der Waals surface area contributed by atoms with Gasteiger partial charge in [0.15, 0.2) is 0 Å². The maximum Gasteiger partial charge on any atom is 0.371 e. The number of H-pyrrole nitrogens is 1. The Morgan fingerprint density at radius 1 is 1.25 bits per heavy atom. The highest BCUT2D eigenvalue weighted by atomic mass is 16.4. The molecule has 1 aromatic heterocycles. The number of benzene rings is 1. The molecule has 1 aromatic carbocycles. The third kappa shape index (κ3) is 1.40. The number of rotatable bonds is 2. The SMILES string of the molecule is Cc1ccc2[nH]c(C(=O)O)nc2c1C(=O)O. The van der Waals surface area contributed by atoms with Crippen LogP contribution >= 0.6 is 0 Å². The Morgan fingerprint density at radius 3 is 2.50 bits per heavy atom. The molecule has 0 bridgehead atoms. The number of fused-ring (bicyclic) bond motifs is 1. The first kappa shape index (κ1) is 10.2. The van der Waals surface area contributed by atoms with Gasteiger partial charge in [-0.3, -0.25) is 0 Å². The van der Waals surface area contributed by atoms with Gasteiger partial charge < -0.3 is 15.2 Å². The number of hydrogen-bond acceptors (Lipinski definition) is 3. The predicted octanol–water partition coefficient (Wildman–Crippen LogP) is 1.27. The van der Waals surface area contributed by atoms with E-state index in [1.165, 1.54) is 0 Å². The molecule has 3 N–H and O–H groups in total. The molecule has 0 saturated heterocycles. The molecule has 16 heavy (non-hydrogen) atoms. The number of aromatic amines is 1. The number of aromatic carboxylic acids is 2. The number of aryl methyl sites for hydroxylation is 1. The first-order valence-corrected chi connectivity index (χ1v) is 4.46. The smallest absolute Gasteiger partial charge is 0.371 e. The van der Waals surface area contributed by atoms with E-state index in [2.05, 4.69) is 9.97 Å². The van der Waals surface area contributed by atoms with E-state index < -0.39 is 11.9 Å². The van der Waals surface area contributed by atoms with Crippen LogP contribution in [0.5, 0.6) is 0 Å². The van der Waals surface area contributed by atoms with E-state index in [1.54, 1.807) is 19.1 Å². The first-order chi connectivity index (χ1) is 7.50. The van der Waals surface area contributed by atoms with Crippen LogP contribution in [0, 0.1) is 6.92 Å². The number of hydrogen-bond donors (Lipinski definition) is 3. The third-order valence-corrected chi connectivity index (χ3v) is 2.28. The number of carbonyl (C=O) groups is 2. The Hall–Kier alpha value is -2.37. The molecule has 2 aromatic rings. The second-order valence-electron chi connectivity index (χ2n) is 3.35. The highest BCUT2D eigenvalue weighted by Gasteiger charge is 2.17. The Morgan fingerprint density at radius 2 is 1.94 bits per heavy atom. The fraction of sp³-hybridized carbons (Fsp3) is 0.100. The van der Waals surface area contributed by atoms with Gasteiger partial charge in [0.25, 0.3) is 0 Å².